The normalized spacial score (nSPS) is 28.1. The zero-order valence-corrected chi connectivity index (χ0v) is 16.6. The molecule has 1 aliphatic carbocycles. The molecule has 1 unspecified atom stereocenters. The molecule has 29 heavy (non-hydrogen) atoms. The molecule has 3 aliphatic heterocycles. The number of amides is 4. The van der Waals surface area contributed by atoms with Crippen LogP contribution in [0, 0.1) is 11.7 Å². The fraction of sp³-hybridized carbons (Fsp3) is 0.550. The highest BCUT2D eigenvalue weighted by Gasteiger charge is 2.55. The van der Waals surface area contributed by atoms with E-state index in [-0.39, 0.29) is 35.2 Å². The summed E-state index contributed by atoms with van der Waals surface area (Å²) in [5.41, 5.74) is 0.933. The first-order chi connectivity index (χ1) is 13.9. The first kappa shape index (κ1) is 18.7. The molecule has 1 aromatic carbocycles. The largest absolute Gasteiger partial charge is 0.364 e. The second kappa shape index (κ2) is 6.58. The lowest BCUT2D eigenvalue weighted by Crippen LogP contribution is -2.54. The van der Waals surface area contributed by atoms with Crippen molar-refractivity contribution in [1.82, 2.24) is 15.5 Å². The van der Waals surface area contributed by atoms with Gasteiger partial charge in [-0.2, -0.15) is 0 Å². The summed E-state index contributed by atoms with van der Waals surface area (Å²) in [6.07, 6.45) is 2.99. The van der Waals surface area contributed by atoms with Gasteiger partial charge in [-0.1, -0.05) is 11.6 Å². The van der Waals surface area contributed by atoms with E-state index in [1.54, 1.807) is 6.07 Å². The molecule has 3 heterocycles. The number of anilines is 1. The van der Waals surface area contributed by atoms with Crippen LogP contribution in [0.5, 0.6) is 0 Å². The summed E-state index contributed by atoms with van der Waals surface area (Å²) in [4.78, 5) is 40.9. The van der Waals surface area contributed by atoms with Crippen molar-refractivity contribution in [1.29, 1.82) is 0 Å². The van der Waals surface area contributed by atoms with Gasteiger partial charge in [0, 0.05) is 31.7 Å². The fourth-order valence-corrected chi connectivity index (χ4v) is 5.21. The number of nitrogens with one attached hydrogen (secondary N) is 2. The fourth-order valence-electron chi connectivity index (χ4n) is 5.05. The van der Waals surface area contributed by atoms with Crippen LogP contribution >= 0.6 is 11.6 Å². The molecule has 1 aromatic rings. The number of benzene rings is 1. The lowest BCUT2D eigenvalue weighted by Gasteiger charge is -2.39. The van der Waals surface area contributed by atoms with E-state index in [1.165, 1.54) is 6.07 Å². The average molecular weight is 421 g/mol. The summed E-state index contributed by atoms with van der Waals surface area (Å²) < 4.78 is 13.8. The summed E-state index contributed by atoms with van der Waals surface area (Å²) in [6, 6.07) is 2.79. The molecule has 0 radical (unpaired) electrons. The smallest absolute Gasteiger partial charge is 0.322 e. The average Bonchev–Trinajstić information content (AvgIpc) is 3.42. The molecular formula is C20H22ClFN4O3. The minimum Gasteiger partial charge on any atom is -0.364 e. The summed E-state index contributed by atoms with van der Waals surface area (Å²) in [5.74, 6) is -0.630. The maximum Gasteiger partial charge on any atom is 0.322 e. The third-order valence-corrected chi connectivity index (χ3v) is 6.99. The Bertz CT molecular complexity index is 921. The van der Waals surface area contributed by atoms with Gasteiger partial charge in [0.25, 0.3) is 5.91 Å². The highest BCUT2D eigenvalue weighted by molar-refractivity contribution is 6.31. The van der Waals surface area contributed by atoms with E-state index in [4.69, 9.17) is 11.6 Å². The second-order valence-corrected chi connectivity index (χ2v) is 8.85. The number of piperazine rings is 1. The van der Waals surface area contributed by atoms with E-state index in [2.05, 4.69) is 15.5 Å². The Kier molecular flexibility index (Phi) is 4.24. The van der Waals surface area contributed by atoms with Gasteiger partial charge in [-0.15, -0.1) is 0 Å². The van der Waals surface area contributed by atoms with Crippen molar-refractivity contribution in [2.75, 3.05) is 24.5 Å². The van der Waals surface area contributed by atoms with Gasteiger partial charge in [0.15, 0.2) is 0 Å². The van der Waals surface area contributed by atoms with Crippen molar-refractivity contribution < 1.29 is 18.8 Å². The zero-order chi connectivity index (χ0) is 20.3. The van der Waals surface area contributed by atoms with Crippen LogP contribution in [0.3, 0.4) is 0 Å². The standard InChI is InChI=1S/C20H22ClFN4O3/c21-14-9-16-11(8-15(14)22)7-13-10-25(5-6-26(13)16)17(27)3-4-20(12-1-2-12)18(28)23-19(29)24-20/h8-9,12-13H,1-7,10H2,(H2,23,24,28,29)/t13?,20-/m0/s1. The quantitative estimate of drug-likeness (QED) is 0.728. The van der Waals surface area contributed by atoms with E-state index >= 15 is 0 Å². The SMILES string of the molecule is O=C1NC(=O)[C@](CCC(=O)N2CCN3c4cc(Cl)c(F)cc4CC3C2)(C2CC2)N1. The van der Waals surface area contributed by atoms with Crippen LogP contribution in [-0.2, 0) is 16.0 Å². The molecule has 5 rings (SSSR count). The Hall–Kier alpha value is -2.35. The van der Waals surface area contributed by atoms with Crippen molar-refractivity contribution in [2.24, 2.45) is 5.92 Å². The second-order valence-electron chi connectivity index (χ2n) is 8.44. The molecule has 2 saturated heterocycles. The van der Waals surface area contributed by atoms with Gasteiger partial charge in [-0.25, -0.2) is 9.18 Å². The molecule has 4 aliphatic rings. The molecule has 0 aromatic heterocycles. The molecule has 1 saturated carbocycles. The predicted molar refractivity (Wildman–Crippen MR) is 104 cm³/mol. The Labute approximate surface area is 172 Å². The molecule has 2 N–H and O–H groups in total. The molecule has 3 fully saturated rings. The van der Waals surface area contributed by atoms with Crippen molar-refractivity contribution in [3.05, 3.63) is 28.5 Å². The number of fused-ring (bicyclic) bond motifs is 3. The van der Waals surface area contributed by atoms with Crippen LogP contribution in [0.1, 0.15) is 31.2 Å². The van der Waals surface area contributed by atoms with E-state index in [0.717, 1.165) is 24.1 Å². The van der Waals surface area contributed by atoms with Gasteiger partial charge >= 0.3 is 6.03 Å². The Balaban J connectivity index is 1.24. The number of hydrogen-bond acceptors (Lipinski definition) is 4. The van der Waals surface area contributed by atoms with Gasteiger partial charge in [-0.05, 0) is 49.3 Å². The maximum absolute atomic E-state index is 13.8. The Morgan fingerprint density at radius 1 is 1.28 bits per heavy atom. The zero-order valence-electron chi connectivity index (χ0n) is 15.8. The van der Waals surface area contributed by atoms with Crippen LogP contribution in [0.2, 0.25) is 5.02 Å². The number of urea groups is 1. The number of imide groups is 1. The summed E-state index contributed by atoms with van der Waals surface area (Å²) in [5, 5.41) is 5.21. The molecule has 7 nitrogen and oxygen atoms in total. The molecule has 9 heteroatoms. The van der Waals surface area contributed by atoms with Gasteiger partial charge in [0.2, 0.25) is 5.91 Å². The van der Waals surface area contributed by atoms with Crippen LogP contribution in [0.15, 0.2) is 12.1 Å². The minimum absolute atomic E-state index is 0.0150. The van der Waals surface area contributed by atoms with Gasteiger partial charge in [0.1, 0.15) is 11.4 Å². The number of carbonyl (C=O) groups excluding carboxylic acids is 3. The third-order valence-electron chi connectivity index (χ3n) is 6.70. The molecule has 0 spiro atoms. The van der Waals surface area contributed by atoms with Crippen molar-refractivity contribution in [3.8, 4) is 0 Å². The monoisotopic (exact) mass is 420 g/mol. The third kappa shape index (κ3) is 3.04. The highest BCUT2D eigenvalue weighted by atomic mass is 35.5. The number of rotatable bonds is 4. The van der Waals surface area contributed by atoms with Crippen LogP contribution < -0.4 is 15.5 Å². The van der Waals surface area contributed by atoms with Crippen molar-refractivity contribution >= 4 is 35.1 Å². The van der Waals surface area contributed by atoms with Crippen molar-refractivity contribution in [2.45, 2.75) is 43.7 Å². The number of nitrogens with zero attached hydrogens (tertiary/aromatic N) is 2. The first-order valence-electron chi connectivity index (χ1n) is 10.0. The Morgan fingerprint density at radius 3 is 2.76 bits per heavy atom. The lowest BCUT2D eigenvalue weighted by atomic mass is 9.87. The highest BCUT2D eigenvalue weighted by Crippen LogP contribution is 2.44. The summed E-state index contributed by atoms with van der Waals surface area (Å²) in [6.45, 7) is 1.79. The predicted octanol–water partition coefficient (Wildman–Crippen LogP) is 1.82. The number of carbonyl (C=O) groups is 3. The molecule has 2 atom stereocenters. The maximum atomic E-state index is 13.8. The topological polar surface area (TPSA) is 81.8 Å². The van der Waals surface area contributed by atoms with Crippen molar-refractivity contribution in [3.63, 3.8) is 0 Å². The van der Waals surface area contributed by atoms with Gasteiger partial charge in [-0.3, -0.25) is 14.9 Å². The van der Waals surface area contributed by atoms with Gasteiger partial charge < -0.3 is 15.1 Å². The minimum atomic E-state index is -0.938. The van der Waals surface area contributed by atoms with E-state index in [9.17, 15) is 18.8 Å². The van der Waals surface area contributed by atoms with E-state index < -0.39 is 17.4 Å². The van der Waals surface area contributed by atoms with Crippen LogP contribution in [0.25, 0.3) is 0 Å². The van der Waals surface area contributed by atoms with Crippen LogP contribution in [-0.4, -0.2) is 54.0 Å². The van der Waals surface area contributed by atoms with Gasteiger partial charge in [0.05, 0.1) is 11.1 Å². The van der Waals surface area contributed by atoms with E-state index in [1.807, 2.05) is 4.90 Å². The number of halogens is 2. The Morgan fingerprint density at radius 2 is 2.07 bits per heavy atom. The summed E-state index contributed by atoms with van der Waals surface area (Å²) in [7, 11) is 0. The molecule has 4 amide bonds. The molecule has 0 bridgehead atoms. The lowest BCUT2D eigenvalue weighted by molar-refractivity contribution is -0.133. The van der Waals surface area contributed by atoms with Crippen LogP contribution in [0.4, 0.5) is 14.9 Å². The number of hydrogen-bond donors (Lipinski definition) is 2. The molecule has 154 valence electrons. The molecular weight excluding hydrogens is 399 g/mol. The summed E-state index contributed by atoms with van der Waals surface area (Å²) >= 11 is 5.94. The van der Waals surface area contributed by atoms with E-state index in [0.29, 0.717) is 32.5 Å². The first-order valence-corrected chi connectivity index (χ1v) is 10.4.